The fourth-order valence-electron chi connectivity index (χ4n) is 1.45. The molecular formula is C13H20O2. The van der Waals surface area contributed by atoms with Crippen molar-refractivity contribution in [2.24, 2.45) is 0 Å². The van der Waals surface area contributed by atoms with Crippen LogP contribution in [-0.2, 0) is 11.3 Å². The summed E-state index contributed by atoms with van der Waals surface area (Å²) in [5.74, 6) is 0. The van der Waals surface area contributed by atoms with Gasteiger partial charge in [-0.25, -0.2) is 0 Å². The van der Waals surface area contributed by atoms with Crippen molar-refractivity contribution in [3.8, 4) is 0 Å². The van der Waals surface area contributed by atoms with Crippen molar-refractivity contribution < 1.29 is 9.84 Å². The average Bonchev–Trinajstić information content (AvgIpc) is 2.31. The third kappa shape index (κ3) is 4.96. The zero-order chi connectivity index (χ0) is 10.9. The molecule has 0 aromatic heterocycles. The Labute approximate surface area is 91.9 Å². The number of hydrogen-bond donors (Lipinski definition) is 1. The molecule has 0 aliphatic rings. The van der Waals surface area contributed by atoms with Crippen LogP contribution in [0.3, 0.4) is 0 Å². The Morgan fingerprint density at radius 2 is 2.00 bits per heavy atom. The first kappa shape index (κ1) is 12.2. The van der Waals surface area contributed by atoms with Crippen LogP contribution < -0.4 is 0 Å². The first-order valence-corrected chi connectivity index (χ1v) is 5.63. The molecule has 0 saturated heterocycles. The third-order valence-electron chi connectivity index (χ3n) is 2.41. The van der Waals surface area contributed by atoms with Gasteiger partial charge in [0.2, 0.25) is 0 Å². The largest absolute Gasteiger partial charge is 0.394 e. The molecule has 0 fully saturated rings. The van der Waals surface area contributed by atoms with Crippen LogP contribution in [0.1, 0.15) is 31.7 Å². The summed E-state index contributed by atoms with van der Waals surface area (Å²) in [6.07, 6.45) is 3.19. The molecule has 0 heterocycles. The number of rotatable bonds is 7. The maximum absolute atomic E-state index is 9.11. The molecule has 0 unspecified atom stereocenters. The van der Waals surface area contributed by atoms with E-state index in [0.717, 1.165) is 24.8 Å². The van der Waals surface area contributed by atoms with E-state index in [1.54, 1.807) is 0 Å². The molecule has 1 N–H and O–H groups in total. The second kappa shape index (κ2) is 7.43. The number of aliphatic hydroxyl groups excluding tert-OH is 1. The number of ether oxygens (including phenoxy) is 1. The molecule has 0 amide bonds. The molecule has 15 heavy (non-hydrogen) atoms. The predicted molar refractivity (Wildman–Crippen MR) is 61.6 cm³/mol. The molecule has 0 saturated carbocycles. The summed E-state index contributed by atoms with van der Waals surface area (Å²) in [6.45, 7) is 2.86. The van der Waals surface area contributed by atoms with E-state index in [1.165, 1.54) is 0 Å². The molecule has 0 aliphatic heterocycles. The Kier molecular flexibility index (Phi) is 6.05. The second-order valence-electron chi connectivity index (χ2n) is 3.74. The van der Waals surface area contributed by atoms with Gasteiger partial charge in [-0.3, -0.25) is 0 Å². The van der Waals surface area contributed by atoms with Crippen molar-refractivity contribution in [3.63, 3.8) is 0 Å². The lowest BCUT2D eigenvalue weighted by Crippen LogP contribution is -2.17. The Balaban J connectivity index is 2.28. The molecule has 84 valence electrons. The highest BCUT2D eigenvalue weighted by Crippen LogP contribution is 2.08. The van der Waals surface area contributed by atoms with Gasteiger partial charge in [-0.15, -0.1) is 0 Å². The molecule has 2 heteroatoms. The van der Waals surface area contributed by atoms with E-state index >= 15 is 0 Å². The van der Waals surface area contributed by atoms with Crippen molar-refractivity contribution in [2.45, 2.75) is 38.9 Å². The van der Waals surface area contributed by atoms with Crippen molar-refractivity contribution in [1.29, 1.82) is 0 Å². The Bertz CT molecular complexity index is 246. The Hall–Kier alpha value is -0.860. The van der Waals surface area contributed by atoms with E-state index in [4.69, 9.17) is 9.84 Å². The smallest absolute Gasteiger partial charge is 0.0810 e. The summed E-state index contributed by atoms with van der Waals surface area (Å²) in [4.78, 5) is 0. The maximum Gasteiger partial charge on any atom is 0.0810 e. The van der Waals surface area contributed by atoms with Crippen molar-refractivity contribution in [1.82, 2.24) is 0 Å². The third-order valence-corrected chi connectivity index (χ3v) is 2.41. The molecule has 0 aliphatic carbocycles. The van der Waals surface area contributed by atoms with E-state index in [-0.39, 0.29) is 12.7 Å². The summed E-state index contributed by atoms with van der Waals surface area (Å²) in [7, 11) is 0. The first-order valence-electron chi connectivity index (χ1n) is 5.63. The van der Waals surface area contributed by atoms with Crippen LogP contribution in [0.25, 0.3) is 0 Å². The zero-order valence-electron chi connectivity index (χ0n) is 9.36. The molecule has 1 aromatic rings. The van der Waals surface area contributed by atoms with E-state index in [1.807, 2.05) is 30.3 Å². The number of unbranched alkanes of at least 4 members (excludes halogenated alkanes) is 1. The molecular weight excluding hydrogens is 188 g/mol. The lowest BCUT2D eigenvalue weighted by Gasteiger charge is -2.14. The molecule has 0 radical (unpaired) electrons. The molecule has 0 bridgehead atoms. The molecule has 2 nitrogen and oxygen atoms in total. The van der Waals surface area contributed by atoms with Crippen molar-refractivity contribution >= 4 is 0 Å². The lowest BCUT2D eigenvalue weighted by molar-refractivity contribution is -0.00323. The monoisotopic (exact) mass is 208 g/mol. The van der Waals surface area contributed by atoms with Gasteiger partial charge in [-0.2, -0.15) is 0 Å². The second-order valence-corrected chi connectivity index (χ2v) is 3.74. The quantitative estimate of drug-likeness (QED) is 0.746. The highest BCUT2D eigenvalue weighted by Gasteiger charge is 2.06. The Morgan fingerprint density at radius 3 is 2.60 bits per heavy atom. The fourth-order valence-corrected chi connectivity index (χ4v) is 1.45. The van der Waals surface area contributed by atoms with E-state index in [2.05, 4.69) is 6.92 Å². The minimum atomic E-state index is -0.00911. The maximum atomic E-state index is 9.11. The van der Waals surface area contributed by atoms with Gasteiger partial charge in [-0.05, 0) is 12.0 Å². The predicted octanol–water partition coefficient (Wildman–Crippen LogP) is 2.75. The van der Waals surface area contributed by atoms with Gasteiger partial charge in [0.15, 0.2) is 0 Å². The van der Waals surface area contributed by atoms with Gasteiger partial charge in [0.1, 0.15) is 0 Å². The van der Waals surface area contributed by atoms with Crippen molar-refractivity contribution in [2.75, 3.05) is 6.61 Å². The summed E-state index contributed by atoms with van der Waals surface area (Å²) in [6, 6.07) is 10.1. The van der Waals surface area contributed by atoms with E-state index in [0.29, 0.717) is 6.61 Å². The highest BCUT2D eigenvalue weighted by atomic mass is 16.5. The minimum Gasteiger partial charge on any atom is -0.394 e. The van der Waals surface area contributed by atoms with E-state index < -0.39 is 0 Å². The van der Waals surface area contributed by atoms with Crippen molar-refractivity contribution in [3.05, 3.63) is 35.9 Å². The zero-order valence-corrected chi connectivity index (χ0v) is 9.36. The van der Waals surface area contributed by atoms with Crippen LogP contribution in [0.2, 0.25) is 0 Å². The van der Waals surface area contributed by atoms with Crippen LogP contribution in [0.5, 0.6) is 0 Å². The van der Waals surface area contributed by atoms with Crippen LogP contribution in [0, 0.1) is 0 Å². The van der Waals surface area contributed by atoms with Crippen LogP contribution in [0.4, 0.5) is 0 Å². The standard InChI is InChI=1S/C13H20O2/c1-2-3-9-13(10-14)15-11-12-7-5-4-6-8-12/h4-8,13-14H,2-3,9-11H2,1H3/t13-/m0/s1. The first-order chi connectivity index (χ1) is 7.36. The van der Waals surface area contributed by atoms with E-state index in [9.17, 15) is 0 Å². The molecule has 0 spiro atoms. The van der Waals surface area contributed by atoms with Gasteiger partial charge in [0.25, 0.3) is 0 Å². The fraction of sp³-hybridized carbons (Fsp3) is 0.538. The van der Waals surface area contributed by atoms with Crippen LogP contribution >= 0.6 is 0 Å². The molecule has 1 aromatic carbocycles. The van der Waals surface area contributed by atoms with Crippen LogP contribution in [-0.4, -0.2) is 17.8 Å². The van der Waals surface area contributed by atoms with Gasteiger partial charge in [0, 0.05) is 0 Å². The average molecular weight is 208 g/mol. The molecule has 1 rings (SSSR count). The Morgan fingerprint density at radius 1 is 1.27 bits per heavy atom. The minimum absolute atomic E-state index is 0.00911. The summed E-state index contributed by atoms with van der Waals surface area (Å²) in [5.41, 5.74) is 1.16. The SMILES string of the molecule is CCCC[C@@H](CO)OCc1ccccc1. The summed E-state index contributed by atoms with van der Waals surface area (Å²) >= 11 is 0. The highest BCUT2D eigenvalue weighted by molar-refractivity contribution is 5.13. The summed E-state index contributed by atoms with van der Waals surface area (Å²) in [5, 5.41) is 9.11. The molecule has 1 atom stereocenters. The van der Waals surface area contributed by atoms with Gasteiger partial charge >= 0.3 is 0 Å². The van der Waals surface area contributed by atoms with Gasteiger partial charge < -0.3 is 9.84 Å². The van der Waals surface area contributed by atoms with Gasteiger partial charge in [-0.1, -0.05) is 50.1 Å². The summed E-state index contributed by atoms with van der Waals surface area (Å²) < 4.78 is 5.63. The normalized spacial score (nSPS) is 12.7. The topological polar surface area (TPSA) is 29.5 Å². The van der Waals surface area contributed by atoms with Gasteiger partial charge in [0.05, 0.1) is 19.3 Å². The number of hydrogen-bond acceptors (Lipinski definition) is 2. The number of benzene rings is 1. The number of aliphatic hydroxyl groups is 1. The van der Waals surface area contributed by atoms with Crippen LogP contribution in [0.15, 0.2) is 30.3 Å². The lowest BCUT2D eigenvalue weighted by atomic mass is 10.1.